The summed E-state index contributed by atoms with van der Waals surface area (Å²) in [5.74, 6) is 1.44. The Morgan fingerprint density at radius 2 is 1.96 bits per heavy atom. The normalized spacial score (nSPS) is 11.8. The van der Waals surface area contributed by atoms with Gasteiger partial charge in [-0.25, -0.2) is 9.97 Å². The minimum Gasteiger partial charge on any atom is -0.338 e. The Morgan fingerprint density at radius 3 is 2.72 bits per heavy atom. The van der Waals surface area contributed by atoms with E-state index in [1.165, 1.54) is 5.56 Å². The number of fused-ring (bicyclic) bond motifs is 1. The van der Waals surface area contributed by atoms with E-state index in [2.05, 4.69) is 59.5 Å². The first-order chi connectivity index (χ1) is 12.0. The summed E-state index contributed by atoms with van der Waals surface area (Å²) < 4.78 is 0. The number of nitrogens with zero attached hydrogens (tertiary/aromatic N) is 3. The summed E-state index contributed by atoms with van der Waals surface area (Å²) in [5.41, 5.74) is 3.97. The summed E-state index contributed by atoms with van der Waals surface area (Å²) in [7, 11) is 0. The SMILES string of the molecule is CC(C)(C)c1cccc(Nc2nc(-c3cccs3)nc3cn[nH]c23)c1. The van der Waals surface area contributed by atoms with Crippen LogP contribution in [0.3, 0.4) is 0 Å². The van der Waals surface area contributed by atoms with Crippen molar-refractivity contribution in [3.63, 3.8) is 0 Å². The van der Waals surface area contributed by atoms with Crippen molar-refractivity contribution in [3.05, 3.63) is 53.5 Å². The Kier molecular flexibility index (Phi) is 3.77. The zero-order valence-corrected chi connectivity index (χ0v) is 15.2. The molecular formula is C19H19N5S. The molecule has 4 aromatic rings. The molecule has 0 saturated heterocycles. The van der Waals surface area contributed by atoms with Crippen LogP contribution in [0.25, 0.3) is 21.7 Å². The van der Waals surface area contributed by atoms with Crippen LogP contribution in [0.4, 0.5) is 11.5 Å². The predicted molar refractivity (Wildman–Crippen MR) is 103 cm³/mol. The minimum atomic E-state index is 0.0921. The van der Waals surface area contributed by atoms with Gasteiger partial charge in [-0.2, -0.15) is 5.10 Å². The van der Waals surface area contributed by atoms with Crippen LogP contribution in [0, 0.1) is 0 Å². The summed E-state index contributed by atoms with van der Waals surface area (Å²) in [6.45, 7) is 6.62. The van der Waals surface area contributed by atoms with Gasteiger partial charge in [0.05, 0.1) is 11.1 Å². The van der Waals surface area contributed by atoms with Gasteiger partial charge in [0.1, 0.15) is 11.0 Å². The second-order valence-electron chi connectivity index (χ2n) is 6.96. The van der Waals surface area contributed by atoms with Crippen LogP contribution >= 0.6 is 11.3 Å². The summed E-state index contributed by atoms with van der Waals surface area (Å²) in [5, 5.41) is 12.6. The Labute approximate surface area is 150 Å². The quantitative estimate of drug-likeness (QED) is 0.538. The lowest BCUT2D eigenvalue weighted by atomic mass is 9.87. The molecule has 0 radical (unpaired) electrons. The molecule has 0 bridgehead atoms. The van der Waals surface area contributed by atoms with Gasteiger partial charge in [-0.1, -0.05) is 39.0 Å². The maximum atomic E-state index is 4.72. The number of anilines is 2. The lowest BCUT2D eigenvalue weighted by molar-refractivity contribution is 0.590. The van der Waals surface area contributed by atoms with Gasteiger partial charge in [0, 0.05) is 5.69 Å². The van der Waals surface area contributed by atoms with E-state index in [0.29, 0.717) is 5.82 Å². The van der Waals surface area contributed by atoms with Crippen LogP contribution in [-0.4, -0.2) is 20.2 Å². The Hall–Kier alpha value is -2.73. The van der Waals surface area contributed by atoms with Crippen molar-refractivity contribution in [2.24, 2.45) is 0 Å². The number of benzene rings is 1. The Bertz CT molecular complexity index is 1010. The van der Waals surface area contributed by atoms with Gasteiger partial charge in [0.2, 0.25) is 0 Å². The number of H-pyrrole nitrogens is 1. The fourth-order valence-corrected chi connectivity index (χ4v) is 3.30. The van der Waals surface area contributed by atoms with Crippen molar-refractivity contribution in [1.29, 1.82) is 0 Å². The lowest BCUT2D eigenvalue weighted by Gasteiger charge is -2.20. The topological polar surface area (TPSA) is 66.5 Å². The van der Waals surface area contributed by atoms with E-state index in [-0.39, 0.29) is 5.41 Å². The third kappa shape index (κ3) is 3.13. The molecule has 25 heavy (non-hydrogen) atoms. The summed E-state index contributed by atoms with van der Waals surface area (Å²) >= 11 is 1.62. The van der Waals surface area contributed by atoms with Crippen LogP contribution in [0.15, 0.2) is 48.0 Å². The van der Waals surface area contributed by atoms with Gasteiger partial charge in [0.15, 0.2) is 11.6 Å². The van der Waals surface area contributed by atoms with E-state index < -0.39 is 0 Å². The zero-order chi connectivity index (χ0) is 17.4. The Morgan fingerprint density at radius 1 is 1.08 bits per heavy atom. The van der Waals surface area contributed by atoms with E-state index in [0.717, 1.165) is 27.4 Å². The molecule has 0 unspecified atom stereocenters. The average molecular weight is 349 g/mol. The highest BCUT2D eigenvalue weighted by Gasteiger charge is 2.15. The first-order valence-electron chi connectivity index (χ1n) is 8.13. The molecule has 0 saturated carbocycles. The van der Waals surface area contributed by atoms with Gasteiger partial charge >= 0.3 is 0 Å². The molecule has 0 fully saturated rings. The molecule has 3 heterocycles. The van der Waals surface area contributed by atoms with Gasteiger partial charge in [0.25, 0.3) is 0 Å². The average Bonchev–Trinajstić information content (AvgIpc) is 3.26. The van der Waals surface area contributed by atoms with E-state index in [9.17, 15) is 0 Å². The highest BCUT2D eigenvalue weighted by Crippen LogP contribution is 2.30. The van der Waals surface area contributed by atoms with E-state index >= 15 is 0 Å². The molecule has 126 valence electrons. The third-order valence-electron chi connectivity index (χ3n) is 4.03. The molecule has 0 aliphatic rings. The second kappa shape index (κ2) is 5.97. The largest absolute Gasteiger partial charge is 0.338 e. The zero-order valence-electron chi connectivity index (χ0n) is 14.4. The Balaban J connectivity index is 1.78. The molecule has 2 N–H and O–H groups in total. The summed E-state index contributed by atoms with van der Waals surface area (Å²) in [6.07, 6.45) is 1.73. The van der Waals surface area contributed by atoms with Crippen LogP contribution in [-0.2, 0) is 5.41 Å². The number of aromatic nitrogens is 4. The fourth-order valence-electron chi connectivity index (χ4n) is 2.65. The van der Waals surface area contributed by atoms with E-state index in [4.69, 9.17) is 4.98 Å². The van der Waals surface area contributed by atoms with Gasteiger partial charge in [-0.3, -0.25) is 5.10 Å². The van der Waals surface area contributed by atoms with Crippen molar-refractivity contribution in [2.75, 3.05) is 5.32 Å². The second-order valence-corrected chi connectivity index (χ2v) is 7.91. The van der Waals surface area contributed by atoms with Crippen molar-refractivity contribution in [1.82, 2.24) is 20.2 Å². The summed E-state index contributed by atoms with van der Waals surface area (Å²) in [6, 6.07) is 12.4. The van der Waals surface area contributed by atoms with Crippen molar-refractivity contribution >= 4 is 33.9 Å². The van der Waals surface area contributed by atoms with Crippen LogP contribution in [0.1, 0.15) is 26.3 Å². The van der Waals surface area contributed by atoms with Crippen molar-refractivity contribution in [3.8, 4) is 10.7 Å². The molecule has 0 amide bonds. The summed E-state index contributed by atoms with van der Waals surface area (Å²) in [4.78, 5) is 10.4. The maximum absolute atomic E-state index is 4.72. The van der Waals surface area contributed by atoms with Crippen LogP contribution < -0.4 is 5.32 Å². The van der Waals surface area contributed by atoms with E-state index in [1.54, 1.807) is 17.5 Å². The predicted octanol–water partition coefficient (Wildman–Crippen LogP) is 5.12. The van der Waals surface area contributed by atoms with Gasteiger partial charge < -0.3 is 5.32 Å². The van der Waals surface area contributed by atoms with Crippen molar-refractivity contribution in [2.45, 2.75) is 26.2 Å². The van der Waals surface area contributed by atoms with Crippen LogP contribution in [0.5, 0.6) is 0 Å². The number of nitrogens with one attached hydrogen (secondary N) is 2. The molecule has 0 aliphatic carbocycles. The smallest absolute Gasteiger partial charge is 0.172 e. The number of aromatic amines is 1. The third-order valence-corrected chi connectivity index (χ3v) is 4.90. The minimum absolute atomic E-state index is 0.0921. The number of rotatable bonds is 3. The molecule has 0 spiro atoms. The standard InChI is InChI=1S/C19H19N5S/c1-19(2,3)12-6-4-7-13(10-12)21-18-16-14(11-20-24-16)22-17(23-18)15-8-5-9-25-15/h4-11H,1-3H3,(H,20,24)(H,21,22,23). The highest BCUT2D eigenvalue weighted by atomic mass is 32.1. The molecule has 1 aromatic carbocycles. The number of hydrogen-bond donors (Lipinski definition) is 2. The molecule has 6 heteroatoms. The molecule has 3 aromatic heterocycles. The number of hydrogen-bond acceptors (Lipinski definition) is 5. The van der Waals surface area contributed by atoms with Crippen LogP contribution in [0.2, 0.25) is 0 Å². The highest BCUT2D eigenvalue weighted by molar-refractivity contribution is 7.13. The van der Waals surface area contributed by atoms with Gasteiger partial charge in [-0.15, -0.1) is 11.3 Å². The molecule has 4 rings (SSSR count). The molecule has 0 aliphatic heterocycles. The van der Waals surface area contributed by atoms with E-state index in [1.807, 2.05) is 23.6 Å². The molecule has 0 atom stereocenters. The first kappa shape index (κ1) is 15.8. The maximum Gasteiger partial charge on any atom is 0.172 e. The lowest BCUT2D eigenvalue weighted by Crippen LogP contribution is -2.11. The number of thiophene rings is 1. The molecule has 5 nitrogen and oxygen atoms in total. The first-order valence-corrected chi connectivity index (χ1v) is 9.01. The van der Waals surface area contributed by atoms with Crippen molar-refractivity contribution < 1.29 is 0 Å². The monoisotopic (exact) mass is 349 g/mol. The van der Waals surface area contributed by atoms with Gasteiger partial charge in [-0.05, 0) is 34.6 Å². The molecular weight excluding hydrogens is 330 g/mol. The fraction of sp³-hybridized carbons (Fsp3) is 0.211.